The normalized spacial score (nSPS) is 14.4. The van der Waals surface area contributed by atoms with Crippen molar-refractivity contribution in [2.75, 3.05) is 140 Å². The summed E-state index contributed by atoms with van der Waals surface area (Å²) in [6, 6.07) is 3.74. The molecule has 4 saturated heterocycles. The van der Waals surface area contributed by atoms with Gasteiger partial charge in [0.2, 0.25) is 0 Å². The third-order valence-corrected chi connectivity index (χ3v) is 7.51. The zero-order valence-electron chi connectivity index (χ0n) is 47.0. The van der Waals surface area contributed by atoms with Gasteiger partial charge in [0.05, 0.1) is 6.07 Å². The van der Waals surface area contributed by atoms with Crippen LogP contribution in [0.1, 0.15) is 78.1 Å². The predicted octanol–water partition coefficient (Wildman–Crippen LogP) is -0.616. The van der Waals surface area contributed by atoms with Gasteiger partial charge in [0, 0.05) is 184 Å². The van der Waals surface area contributed by atoms with Gasteiger partial charge in [-0.25, -0.2) is 26.2 Å². The van der Waals surface area contributed by atoms with Crippen LogP contribution in [-0.4, -0.2) is 237 Å². The molecule has 4 rings (SSSR count). The number of nitrogens with two attached hydrogens (primary N) is 1. The van der Waals surface area contributed by atoms with Crippen molar-refractivity contribution in [3.05, 3.63) is 6.54 Å². The molecular weight excluding hydrogens is 1680 g/mol. The summed E-state index contributed by atoms with van der Waals surface area (Å²) in [7, 11) is 5.09. The first-order chi connectivity index (χ1) is 31.8. The minimum Gasteiger partial charge on any atom is -1.00 e. The van der Waals surface area contributed by atoms with Crippen molar-refractivity contribution in [1.82, 2.24) is 40.0 Å². The Morgan fingerprint density at radius 2 is 0.838 bits per heavy atom. The third-order valence-electron chi connectivity index (χ3n) is 7.51. The van der Waals surface area contributed by atoms with E-state index >= 15 is 0 Å². The van der Waals surface area contributed by atoms with E-state index in [0.717, 1.165) is 65.4 Å². The fraction of sp³-hybridized carbons (Fsp3) is 0.795. The number of nitrogens with one attached hydrogen (secondary N) is 2. The van der Waals surface area contributed by atoms with Crippen LogP contribution in [0.4, 0.5) is 14.4 Å². The second kappa shape index (κ2) is 62.3. The fourth-order valence-electron chi connectivity index (χ4n) is 4.98. The third kappa shape index (κ3) is 68.5. The van der Waals surface area contributed by atoms with Crippen LogP contribution >= 0.6 is 0 Å². The van der Waals surface area contributed by atoms with E-state index in [2.05, 4.69) is 55.5 Å². The second-order valence-electron chi connectivity index (χ2n) is 16.7. The van der Waals surface area contributed by atoms with Crippen LogP contribution in [0.2, 0.25) is 0 Å². The van der Waals surface area contributed by atoms with Gasteiger partial charge in [-0.05, 0) is 110 Å². The molecule has 30 heteroatoms. The van der Waals surface area contributed by atoms with E-state index in [1.54, 1.807) is 49.1 Å². The molecule has 0 saturated carbocycles. The van der Waals surface area contributed by atoms with Crippen LogP contribution in [0, 0.1) is 29.2 Å². The Labute approximate surface area is 528 Å². The first-order valence-electron chi connectivity index (χ1n) is 21.6. The van der Waals surface area contributed by atoms with E-state index in [4.69, 9.17) is 42.2 Å². The van der Waals surface area contributed by atoms with Gasteiger partial charge in [-0.3, -0.25) is 19.5 Å². The Kier molecular flexibility index (Phi) is 82.4. The minimum atomic E-state index is -3.11. The van der Waals surface area contributed by atoms with Gasteiger partial charge in [-0.15, -0.1) is 12.6 Å². The molecule has 4 fully saturated rings. The molecule has 0 bridgehead atoms. The van der Waals surface area contributed by atoms with Gasteiger partial charge in [0.15, 0.2) is 0 Å². The van der Waals surface area contributed by atoms with Crippen molar-refractivity contribution in [3.63, 3.8) is 0 Å². The van der Waals surface area contributed by atoms with Crippen LogP contribution < -0.4 is 45.9 Å². The molecule has 0 spiro atoms. The number of aliphatic imine (C=N–C) groups is 2. The number of methoxy groups -OCH3 is 1. The van der Waals surface area contributed by atoms with E-state index in [1.807, 2.05) is 78.2 Å². The number of piperazine rings is 4. The number of amides is 3. The molecule has 74 heavy (non-hydrogen) atoms. The van der Waals surface area contributed by atoms with Gasteiger partial charge >= 0.3 is 58.4 Å². The number of hydrogen-bond acceptors (Lipinski definition) is 19. The van der Waals surface area contributed by atoms with Gasteiger partial charge < -0.3 is 80.9 Å². The Hall–Kier alpha value is -1.56. The standard InChI is InChI=1S/C11H20N3O2.C11H18N3O2.C9H18N2O2.C6H12N3.C2H3N.C2H6O.CH5N.CHO.CH4.Na.O3S.4W.H/c1-11(2,3)16-10(15)14-7-5-13(6-8-14)9-12-4;1-11(2,3)16-10(15)14-8-6-13(5-4-12)7-9-14;1-9(2,3)13-8(12)11-6-4-10-5-7-11;1-7-6-9-4-2-8-3-5-9;1-2-3;1-3-2;2*1-2;;;1-4(2)3;;;;;/h5-8H2,1-4H3;5H,6-9H2,1-3H3;10H,4-7H2,1-3H3;8H,2-5H2,1H3;1H3;1-2H3;2H2,1H3;1H;1H4;;;;;;;/q2*-1;;-1;;;;-1;;+1;;;;;;-1. The summed E-state index contributed by atoms with van der Waals surface area (Å²) in [5.41, 5.74) is 3.24. The molecule has 24 nitrogen and oxygen atoms in total. The number of rotatable bonds is 3. The molecule has 0 aromatic heterocycles. The molecule has 0 aliphatic carbocycles. The van der Waals surface area contributed by atoms with E-state index in [-0.39, 0.29) is 147 Å². The molecule has 0 aromatic carbocycles. The second-order valence-corrected chi connectivity index (χ2v) is 17.1. The molecule has 0 unspecified atom stereocenters. The molecule has 4 aliphatic rings. The average molecular weight is 1770 g/mol. The Balaban J connectivity index is -0.0000000639. The number of carbonyl (C=O) groups excluding carboxylic acids is 4. The Morgan fingerprint density at radius 1 is 0.608 bits per heavy atom. The topological polar surface area (TPSA) is 298 Å². The van der Waals surface area contributed by atoms with E-state index < -0.39 is 21.8 Å². The largest absolute Gasteiger partial charge is 1.00 e. The minimum absolute atomic E-state index is 0. The number of nitriles is 2. The first-order valence-corrected chi connectivity index (χ1v) is 22.6. The zero-order valence-corrected chi connectivity index (χ0v) is 60.6. The molecule has 3 amide bonds. The summed E-state index contributed by atoms with van der Waals surface area (Å²) in [5.74, 6) is 0. The van der Waals surface area contributed by atoms with Crippen molar-refractivity contribution in [1.29, 1.82) is 10.5 Å². The van der Waals surface area contributed by atoms with Crippen LogP contribution in [0.25, 0.3) is 0 Å². The Bertz CT molecular complexity index is 1560. The van der Waals surface area contributed by atoms with E-state index in [0.29, 0.717) is 39.3 Å². The van der Waals surface area contributed by atoms with Crippen molar-refractivity contribution in [2.24, 2.45) is 15.7 Å². The molecule has 0 atom stereocenters. The van der Waals surface area contributed by atoms with E-state index in [1.165, 1.54) is 20.5 Å². The number of ether oxygens (including phenoxy) is 4. The van der Waals surface area contributed by atoms with Gasteiger partial charge in [0.25, 0.3) is 0 Å². The number of nitrogens with zero attached hydrogens (tertiary/aromatic N) is 10. The molecule has 0 radical (unpaired) electrons. The van der Waals surface area contributed by atoms with Crippen LogP contribution in [0.15, 0.2) is 9.98 Å². The maximum atomic E-state index is 11.7. The van der Waals surface area contributed by atoms with Gasteiger partial charge in [0.1, 0.15) is 16.8 Å². The molecule has 4 aliphatic heterocycles. The summed E-state index contributed by atoms with van der Waals surface area (Å²) < 4.78 is 45.4. The summed E-state index contributed by atoms with van der Waals surface area (Å²) in [5, 5.41) is 22.2. The smallest absolute Gasteiger partial charge is 1.00 e. The predicted molar refractivity (Wildman–Crippen MR) is 269 cm³/mol. The van der Waals surface area contributed by atoms with Crippen molar-refractivity contribution >= 4 is 48.4 Å². The van der Waals surface area contributed by atoms with Crippen LogP contribution in [0.3, 0.4) is 0 Å². The van der Waals surface area contributed by atoms with Crippen molar-refractivity contribution < 1.29 is 166 Å². The van der Waals surface area contributed by atoms with E-state index in [9.17, 15) is 14.4 Å². The van der Waals surface area contributed by atoms with Crippen LogP contribution in [0.5, 0.6) is 0 Å². The summed E-state index contributed by atoms with van der Waals surface area (Å²) in [6.07, 6.45) is 5.06. The number of carbonyl (C=O) groups is 3. The molecule has 0 aromatic rings. The molecule has 4 N–H and O–H groups in total. The monoisotopic (exact) mass is 1770 g/mol. The number of hydrogen-bond donors (Lipinski definition) is 3. The first kappa shape index (κ1) is 97.9. The molecular formula is C44H88N13NaO11SW4-4. The summed E-state index contributed by atoms with van der Waals surface area (Å²) in [6.45, 7) is 35.8. The fourth-order valence-corrected chi connectivity index (χ4v) is 4.98. The maximum Gasteiger partial charge on any atom is 1.00 e. The Morgan fingerprint density at radius 3 is 1.08 bits per heavy atom. The SMILES string of the molecule is C.CC#N.CC(C)(C)OC(=O)N1CCN([CH-]C#N)CC1.CC(C)(C)OC(=O)N1CCNCC1.CN.CN=[C-]N1CCN(C(=O)OC(C)(C)C)CC1.CN=[C-]N1CCNCC1.COC.O=S(=O)=O.[CH-]=O.[H-].[Na+].[W].[W].[W].[W]. The van der Waals surface area contributed by atoms with Gasteiger partial charge in [-0.1, -0.05) is 13.5 Å². The summed E-state index contributed by atoms with van der Waals surface area (Å²) >= 11 is 0. The zero-order chi connectivity index (χ0) is 53.8. The van der Waals surface area contributed by atoms with Crippen molar-refractivity contribution in [3.8, 4) is 12.1 Å². The quantitative estimate of drug-likeness (QED) is 0.0793. The van der Waals surface area contributed by atoms with Crippen molar-refractivity contribution in [2.45, 2.75) is 93.5 Å². The average Bonchev–Trinajstić information content (AvgIpc) is 3.26. The van der Waals surface area contributed by atoms with Crippen LogP contribution in [-0.2, 0) is 119 Å². The maximum absolute atomic E-state index is 11.7. The molecule has 430 valence electrons. The summed E-state index contributed by atoms with van der Waals surface area (Å²) in [4.78, 5) is 61.4. The van der Waals surface area contributed by atoms with Gasteiger partial charge in [-0.2, -0.15) is 5.26 Å². The molecule has 4 heterocycles.